The van der Waals surface area contributed by atoms with E-state index in [0.717, 1.165) is 32.1 Å². The Hall–Kier alpha value is -2.24. The van der Waals surface area contributed by atoms with E-state index in [1.807, 2.05) is 0 Å². The third-order valence-corrected chi connectivity index (χ3v) is 7.61. The van der Waals surface area contributed by atoms with Gasteiger partial charge in [-0.3, -0.25) is 9.59 Å². The number of unbranched alkanes of at least 4 members (excludes halogenated alkanes) is 5. The second kappa shape index (κ2) is 17.9. The van der Waals surface area contributed by atoms with Gasteiger partial charge < -0.3 is 59.6 Å². The predicted octanol–water partition coefficient (Wildman–Crippen LogP) is -1.03. The molecule has 2 heterocycles. The number of aliphatic hydroxyl groups is 6. The molecule has 7 unspecified atom stereocenters. The van der Waals surface area contributed by atoms with Crippen LogP contribution in [-0.2, 0) is 28.5 Å². The molecular weight excluding hydrogens is 570 g/mol. The monoisotopic (exact) mass is 615 g/mol. The maximum absolute atomic E-state index is 13.2. The summed E-state index contributed by atoms with van der Waals surface area (Å²) < 4.78 is 27.8. The molecule has 14 heteroatoms. The number of methoxy groups -OCH3 is 1. The van der Waals surface area contributed by atoms with Crippen molar-refractivity contribution in [2.75, 3.05) is 26.9 Å². The number of ether oxygens (including phenoxy) is 5. The van der Waals surface area contributed by atoms with Crippen molar-refractivity contribution in [2.24, 2.45) is 0 Å². The number of esters is 1. The fourth-order valence-electron chi connectivity index (χ4n) is 5.06. The van der Waals surface area contributed by atoms with Crippen LogP contribution < -0.4 is 5.32 Å². The van der Waals surface area contributed by atoms with Gasteiger partial charge in [0.25, 0.3) is 5.91 Å². The van der Waals surface area contributed by atoms with Gasteiger partial charge in [0.15, 0.2) is 12.6 Å². The van der Waals surface area contributed by atoms with Crippen LogP contribution in [0.2, 0.25) is 0 Å². The van der Waals surface area contributed by atoms with Crippen molar-refractivity contribution in [3.8, 4) is 0 Å². The predicted molar refractivity (Wildman–Crippen MR) is 148 cm³/mol. The van der Waals surface area contributed by atoms with Crippen molar-refractivity contribution in [1.29, 1.82) is 0 Å². The van der Waals surface area contributed by atoms with Crippen LogP contribution >= 0.6 is 0 Å². The Morgan fingerprint density at radius 1 is 0.791 bits per heavy atom. The number of carbonyl (C=O) groups is 2. The molecule has 0 radical (unpaired) electrons. The second-order valence-electron chi connectivity index (χ2n) is 10.7. The minimum absolute atomic E-state index is 0.214. The fourth-order valence-corrected chi connectivity index (χ4v) is 5.06. The molecule has 1 amide bonds. The van der Waals surface area contributed by atoms with E-state index in [1.54, 1.807) is 30.3 Å². The van der Waals surface area contributed by atoms with E-state index >= 15 is 0 Å². The van der Waals surface area contributed by atoms with Crippen LogP contribution in [0.4, 0.5) is 0 Å². The lowest BCUT2D eigenvalue weighted by atomic mass is 9.95. The molecule has 244 valence electrons. The van der Waals surface area contributed by atoms with Gasteiger partial charge >= 0.3 is 5.97 Å². The molecule has 3 rings (SSSR count). The van der Waals surface area contributed by atoms with Crippen LogP contribution in [-0.4, -0.2) is 131 Å². The zero-order valence-corrected chi connectivity index (χ0v) is 24.3. The molecule has 2 aliphatic rings. The van der Waals surface area contributed by atoms with Crippen molar-refractivity contribution < 1.29 is 63.9 Å². The Bertz CT molecular complexity index is 967. The highest BCUT2D eigenvalue weighted by Gasteiger charge is 2.51. The van der Waals surface area contributed by atoms with Gasteiger partial charge in [-0.1, -0.05) is 43.9 Å². The average Bonchev–Trinajstić information content (AvgIpc) is 3.02. The Kier molecular flexibility index (Phi) is 14.7. The molecule has 0 aromatic heterocycles. The zero-order valence-electron chi connectivity index (χ0n) is 24.3. The molecule has 14 nitrogen and oxygen atoms in total. The third-order valence-electron chi connectivity index (χ3n) is 7.61. The van der Waals surface area contributed by atoms with E-state index in [1.165, 1.54) is 7.11 Å². The quantitative estimate of drug-likeness (QED) is 0.0876. The highest BCUT2D eigenvalue weighted by Crippen LogP contribution is 2.30. The van der Waals surface area contributed by atoms with Crippen molar-refractivity contribution in [3.05, 3.63) is 35.9 Å². The standard InChI is InChI=1S/C29H45NO13/c1-39-20(33)13-9-4-2-3-5-10-14-40-28-21(30-27(38)17-11-7-6-8-12-17)26(23(35)19(16-32)41-28)43-29-25(37)24(36)22(34)18(15-31)42-29/h6-8,11-12,18-19,21-26,28-29,31-32,34-37H,2-5,9-10,13-16H2,1H3,(H,30,38)/t18?,19?,21?,22-,23+,24?,25?,26?,28-,29?/m1/s1. The average molecular weight is 616 g/mol. The van der Waals surface area contributed by atoms with Gasteiger partial charge in [-0.15, -0.1) is 0 Å². The lowest BCUT2D eigenvalue weighted by Crippen LogP contribution is -2.68. The minimum Gasteiger partial charge on any atom is -0.469 e. The molecule has 43 heavy (non-hydrogen) atoms. The molecule has 2 aliphatic heterocycles. The Labute approximate surface area is 250 Å². The Morgan fingerprint density at radius 2 is 1.40 bits per heavy atom. The summed E-state index contributed by atoms with van der Waals surface area (Å²) in [6.45, 7) is -1.10. The highest BCUT2D eigenvalue weighted by molar-refractivity contribution is 5.94. The number of aliphatic hydroxyl groups excluding tert-OH is 6. The number of carbonyl (C=O) groups excluding carboxylic acids is 2. The summed E-state index contributed by atoms with van der Waals surface area (Å²) in [4.78, 5) is 24.4. The van der Waals surface area contributed by atoms with Gasteiger partial charge in [-0.25, -0.2) is 0 Å². The van der Waals surface area contributed by atoms with Gasteiger partial charge in [0.2, 0.25) is 0 Å². The largest absolute Gasteiger partial charge is 0.469 e. The maximum Gasteiger partial charge on any atom is 0.305 e. The Morgan fingerprint density at radius 3 is 2.05 bits per heavy atom. The summed E-state index contributed by atoms with van der Waals surface area (Å²) in [5.41, 5.74) is 0.304. The van der Waals surface area contributed by atoms with E-state index < -0.39 is 80.5 Å². The van der Waals surface area contributed by atoms with Gasteiger partial charge in [-0.05, 0) is 25.0 Å². The number of rotatable bonds is 16. The van der Waals surface area contributed by atoms with Crippen LogP contribution in [0, 0.1) is 0 Å². The van der Waals surface area contributed by atoms with Crippen LogP contribution in [0.1, 0.15) is 55.3 Å². The SMILES string of the molecule is COC(=O)CCCCCCCCO[C@@H]1OC(CO)[C@H](O)C(OC2OC(CO)[C@@H](O)C(O)C2O)C1NC(=O)c1ccccc1. The number of amides is 1. The minimum atomic E-state index is -1.77. The summed E-state index contributed by atoms with van der Waals surface area (Å²) >= 11 is 0. The molecule has 1 aromatic rings. The van der Waals surface area contributed by atoms with Crippen molar-refractivity contribution in [3.63, 3.8) is 0 Å². The third kappa shape index (κ3) is 9.88. The molecule has 2 fully saturated rings. The van der Waals surface area contributed by atoms with E-state index in [9.17, 15) is 40.2 Å². The number of hydrogen-bond acceptors (Lipinski definition) is 13. The van der Waals surface area contributed by atoms with Crippen LogP contribution in [0.3, 0.4) is 0 Å². The molecule has 0 bridgehead atoms. The fraction of sp³-hybridized carbons (Fsp3) is 0.724. The van der Waals surface area contributed by atoms with Crippen molar-refractivity contribution >= 4 is 11.9 Å². The summed E-state index contributed by atoms with van der Waals surface area (Å²) in [7, 11) is 1.36. The molecule has 0 spiro atoms. The maximum atomic E-state index is 13.2. The first-order chi connectivity index (χ1) is 20.7. The molecule has 0 aliphatic carbocycles. The van der Waals surface area contributed by atoms with Crippen LogP contribution in [0.15, 0.2) is 30.3 Å². The van der Waals surface area contributed by atoms with E-state index in [0.29, 0.717) is 18.4 Å². The van der Waals surface area contributed by atoms with E-state index in [4.69, 9.17) is 18.9 Å². The van der Waals surface area contributed by atoms with Gasteiger partial charge in [-0.2, -0.15) is 0 Å². The zero-order chi connectivity index (χ0) is 31.4. The summed E-state index contributed by atoms with van der Waals surface area (Å²) in [6.07, 6.45) is -7.97. The highest BCUT2D eigenvalue weighted by atomic mass is 16.7. The smallest absolute Gasteiger partial charge is 0.305 e. The first-order valence-corrected chi connectivity index (χ1v) is 14.7. The number of nitrogens with one attached hydrogen (secondary N) is 1. The normalized spacial score (nSPS) is 32.7. The first kappa shape index (κ1) is 35.2. The Balaban J connectivity index is 1.69. The summed E-state index contributed by atoms with van der Waals surface area (Å²) in [6, 6.07) is 7.09. The van der Waals surface area contributed by atoms with Gasteiger partial charge in [0.05, 0.1) is 20.3 Å². The van der Waals surface area contributed by atoms with Crippen molar-refractivity contribution in [1.82, 2.24) is 5.32 Å². The molecule has 2 saturated heterocycles. The number of hydrogen-bond donors (Lipinski definition) is 7. The molecule has 7 N–H and O–H groups in total. The molecule has 10 atom stereocenters. The van der Waals surface area contributed by atoms with Crippen LogP contribution in [0.5, 0.6) is 0 Å². The van der Waals surface area contributed by atoms with Crippen LogP contribution in [0.25, 0.3) is 0 Å². The lowest BCUT2D eigenvalue weighted by molar-refractivity contribution is -0.344. The molecule has 1 aromatic carbocycles. The van der Waals surface area contributed by atoms with E-state index in [-0.39, 0.29) is 12.6 Å². The summed E-state index contributed by atoms with van der Waals surface area (Å²) in [5.74, 6) is -0.762. The summed E-state index contributed by atoms with van der Waals surface area (Å²) in [5, 5.41) is 64.2. The van der Waals surface area contributed by atoms with E-state index in [2.05, 4.69) is 10.1 Å². The topological polar surface area (TPSA) is 214 Å². The van der Waals surface area contributed by atoms with Gasteiger partial charge in [0, 0.05) is 18.6 Å². The van der Waals surface area contributed by atoms with Crippen molar-refractivity contribution in [2.45, 2.75) is 106 Å². The first-order valence-electron chi connectivity index (χ1n) is 14.7. The number of benzene rings is 1. The van der Waals surface area contributed by atoms with Gasteiger partial charge in [0.1, 0.15) is 48.8 Å². The molecule has 0 saturated carbocycles. The molecular formula is C29H45NO13. The second-order valence-corrected chi connectivity index (χ2v) is 10.7. The lowest BCUT2D eigenvalue weighted by Gasteiger charge is -2.47.